The zero-order valence-corrected chi connectivity index (χ0v) is 15.7. The number of rotatable bonds is 6. The molecule has 2 N–H and O–H groups in total. The maximum Gasteiger partial charge on any atom is 0.255 e. The Morgan fingerprint density at radius 1 is 0.852 bits per heavy atom. The molecule has 0 heterocycles. The molecule has 0 aliphatic heterocycles. The Kier molecular flexibility index (Phi) is 5.69. The number of nitrogens with one attached hydrogen (secondary N) is 2. The summed E-state index contributed by atoms with van der Waals surface area (Å²) in [5.74, 6) is -0.287. The number of hydrogen-bond acceptors (Lipinski definition) is 3. The number of sulfonamides is 1. The van der Waals surface area contributed by atoms with E-state index < -0.39 is 10.0 Å². The van der Waals surface area contributed by atoms with Crippen molar-refractivity contribution in [2.45, 2.75) is 18.4 Å². The Morgan fingerprint density at radius 2 is 1.48 bits per heavy atom. The van der Waals surface area contributed by atoms with E-state index in [-0.39, 0.29) is 17.3 Å². The molecule has 0 saturated carbocycles. The van der Waals surface area contributed by atoms with E-state index in [2.05, 4.69) is 10.0 Å². The Hall–Kier alpha value is -2.96. The van der Waals surface area contributed by atoms with Gasteiger partial charge in [-0.05, 0) is 48.4 Å². The summed E-state index contributed by atoms with van der Waals surface area (Å²) in [5.41, 5.74) is 2.94. The maximum atomic E-state index is 12.4. The van der Waals surface area contributed by atoms with Crippen LogP contribution in [0.1, 0.15) is 21.5 Å². The van der Waals surface area contributed by atoms with Crippen LogP contribution in [0.15, 0.2) is 83.8 Å². The van der Waals surface area contributed by atoms with Gasteiger partial charge in [0, 0.05) is 17.8 Å². The Balaban J connectivity index is 1.68. The molecule has 0 aliphatic carbocycles. The first-order valence-electron chi connectivity index (χ1n) is 8.46. The molecule has 0 atom stereocenters. The average molecular weight is 380 g/mol. The topological polar surface area (TPSA) is 75.3 Å². The molecule has 0 saturated heterocycles. The molecule has 0 fully saturated rings. The van der Waals surface area contributed by atoms with E-state index in [9.17, 15) is 13.2 Å². The predicted molar refractivity (Wildman–Crippen MR) is 106 cm³/mol. The lowest BCUT2D eigenvalue weighted by Gasteiger charge is -2.10. The zero-order chi connectivity index (χ0) is 19.3. The molecule has 138 valence electrons. The molecule has 3 rings (SSSR count). The summed E-state index contributed by atoms with van der Waals surface area (Å²) in [6.07, 6.45) is 0. The fourth-order valence-electron chi connectivity index (χ4n) is 2.55. The first-order chi connectivity index (χ1) is 13.0. The van der Waals surface area contributed by atoms with Crippen LogP contribution in [0.4, 0.5) is 5.69 Å². The second-order valence-electron chi connectivity index (χ2n) is 6.10. The van der Waals surface area contributed by atoms with E-state index in [0.29, 0.717) is 5.56 Å². The molecule has 0 bridgehead atoms. The molecule has 5 nitrogen and oxygen atoms in total. The van der Waals surface area contributed by atoms with Gasteiger partial charge in [-0.1, -0.05) is 48.5 Å². The number of anilines is 1. The predicted octanol–water partition coefficient (Wildman–Crippen LogP) is 3.73. The lowest BCUT2D eigenvalue weighted by molar-refractivity contribution is 0.102. The van der Waals surface area contributed by atoms with Gasteiger partial charge in [0.25, 0.3) is 5.91 Å². The van der Waals surface area contributed by atoms with Crippen LogP contribution in [0, 0.1) is 6.92 Å². The van der Waals surface area contributed by atoms with E-state index in [4.69, 9.17) is 0 Å². The molecule has 0 spiro atoms. The number of carbonyl (C=O) groups is 1. The van der Waals surface area contributed by atoms with Crippen molar-refractivity contribution in [2.75, 3.05) is 5.32 Å². The van der Waals surface area contributed by atoms with E-state index in [1.807, 2.05) is 61.5 Å². The molecule has 6 heteroatoms. The first-order valence-corrected chi connectivity index (χ1v) is 9.95. The minimum atomic E-state index is -3.65. The largest absolute Gasteiger partial charge is 0.322 e. The van der Waals surface area contributed by atoms with Gasteiger partial charge in [0.2, 0.25) is 10.0 Å². The summed E-state index contributed by atoms with van der Waals surface area (Å²) < 4.78 is 27.4. The molecule has 3 aromatic carbocycles. The van der Waals surface area contributed by atoms with Crippen LogP contribution in [0.25, 0.3) is 0 Å². The highest BCUT2D eigenvalue weighted by atomic mass is 32.2. The van der Waals surface area contributed by atoms with Crippen LogP contribution < -0.4 is 10.0 Å². The highest BCUT2D eigenvalue weighted by molar-refractivity contribution is 7.89. The summed E-state index contributed by atoms with van der Waals surface area (Å²) >= 11 is 0. The van der Waals surface area contributed by atoms with Gasteiger partial charge in [-0.25, -0.2) is 13.1 Å². The van der Waals surface area contributed by atoms with Crippen LogP contribution in [-0.2, 0) is 16.6 Å². The summed E-state index contributed by atoms with van der Waals surface area (Å²) in [5, 5.41) is 2.83. The van der Waals surface area contributed by atoms with Crippen molar-refractivity contribution in [1.82, 2.24) is 4.72 Å². The van der Waals surface area contributed by atoms with Crippen molar-refractivity contribution in [3.05, 3.63) is 95.6 Å². The molecule has 0 aliphatic rings. The molecule has 0 radical (unpaired) electrons. The average Bonchev–Trinajstić information content (AvgIpc) is 2.69. The number of aryl methyl sites for hydroxylation is 1. The van der Waals surface area contributed by atoms with Gasteiger partial charge < -0.3 is 5.32 Å². The van der Waals surface area contributed by atoms with Gasteiger partial charge in [-0.3, -0.25) is 4.79 Å². The number of benzene rings is 3. The van der Waals surface area contributed by atoms with E-state index in [0.717, 1.165) is 16.8 Å². The van der Waals surface area contributed by atoms with Gasteiger partial charge >= 0.3 is 0 Å². The van der Waals surface area contributed by atoms with Gasteiger partial charge in [0.05, 0.1) is 4.90 Å². The highest BCUT2D eigenvalue weighted by Gasteiger charge is 2.15. The fourth-order valence-corrected chi connectivity index (χ4v) is 3.57. The Morgan fingerprint density at radius 3 is 2.15 bits per heavy atom. The Bertz CT molecular complexity index is 1030. The number of hydrogen-bond donors (Lipinski definition) is 2. The van der Waals surface area contributed by atoms with E-state index in [1.165, 1.54) is 24.3 Å². The highest BCUT2D eigenvalue weighted by Crippen LogP contribution is 2.16. The molecule has 0 unspecified atom stereocenters. The van der Waals surface area contributed by atoms with Crippen molar-refractivity contribution in [1.29, 1.82) is 0 Å². The zero-order valence-electron chi connectivity index (χ0n) is 14.8. The second-order valence-corrected chi connectivity index (χ2v) is 7.87. The standard InChI is InChI=1S/C21H20N2O3S/c1-16-7-5-6-10-20(16)23-21(24)18-11-13-19(14-12-18)27(25,26)22-15-17-8-3-2-4-9-17/h2-14,22H,15H2,1H3,(H,23,24). The summed E-state index contributed by atoms with van der Waals surface area (Å²) in [4.78, 5) is 12.5. The number of amides is 1. The molecule has 3 aromatic rings. The molecule has 1 amide bonds. The molecule has 27 heavy (non-hydrogen) atoms. The molecule has 0 aromatic heterocycles. The van der Waals surface area contributed by atoms with E-state index >= 15 is 0 Å². The minimum Gasteiger partial charge on any atom is -0.322 e. The normalized spacial score (nSPS) is 11.1. The summed E-state index contributed by atoms with van der Waals surface area (Å²) in [7, 11) is -3.65. The third-order valence-electron chi connectivity index (χ3n) is 4.13. The van der Waals surface area contributed by atoms with Gasteiger partial charge in [0.15, 0.2) is 0 Å². The van der Waals surface area contributed by atoms with Crippen molar-refractivity contribution >= 4 is 21.6 Å². The molecular formula is C21H20N2O3S. The van der Waals surface area contributed by atoms with Crippen LogP contribution in [0.2, 0.25) is 0 Å². The van der Waals surface area contributed by atoms with E-state index in [1.54, 1.807) is 0 Å². The third-order valence-corrected chi connectivity index (χ3v) is 5.55. The summed E-state index contributed by atoms with van der Waals surface area (Å²) in [6.45, 7) is 2.11. The fraction of sp³-hybridized carbons (Fsp3) is 0.0952. The van der Waals surface area contributed by atoms with Crippen LogP contribution in [-0.4, -0.2) is 14.3 Å². The monoisotopic (exact) mass is 380 g/mol. The van der Waals surface area contributed by atoms with Crippen LogP contribution >= 0.6 is 0 Å². The lowest BCUT2D eigenvalue weighted by atomic mass is 10.1. The minimum absolute atomic E-state index is 0.117. The van der Waals surface area contributed by atoms with Crippen molar-refractivity contribution in [2.24, 2.45) is 0 Å². The maximum absolute atomic E-state index is 12.4. The quantitative estimate of drug-likeness (QED) is 0.684. The second kappa shape index (κ2) is 8.16. The van der Waals surface area contributed by atoms with Crippen LogP contribution in [0.3, 0.4) is 0 Å². The smallest absolute Gasteiger partial charge is 0.255 e. The van der Waals surface area contributed by atoms with Crippen LogP contribution in [0.5, 0.6) is 0 Å². The van der Waals surface area contributed by atoms with Gasteiger partial charge in [-0.2, -0.15) is 0 Å². The first kappa shape index (κ1) is 18.8. The molecular weight excluding hydrogens is 360 g/mol. The lowest BCUT2D eigenvalue weighted by Crippen LogP contribution is -2.23. The van der Waals surface area contributed by atoms with Gasteiger partial charge in [-0.15, -0.1) is 0 Å². The number of carbonyl (C=O) groups excluding carboxylic acids is 1. The van der Waals surface area contributed by atoms with Crippen molar-refractivity contribution in [3.8, 4) is 0 Å². The Labute approximate surface area is 159 Å². The third kappa shape index (κ3) is 4.81. The summed E-state index contributed by atoms with van der Waals surface area (Å²) in [6, 6.07) is 22.6. The van der Waals surface area contributed by atoms with Crippen molar-refractivity contribution in [3.63, 3.8) is 0 Å². The number of para-hydroxylation sites is 1. The van der Waals surface area contributed by atoms with Crippen molar-refractivity contribution < 1.29 is 13.2 Å². The van der Waals surface area contributed by atoms with Gasteiger partial charge in [0.1, 0.15) is 0 Å². The SMILES string of the molecule is Cc1ccccc1NC(=O)c1ccc(S(=O)(=O)NCc2ccccc2)cc1.